The van der Waals surface area contributed by atoms with Crippen molar-refractivity contribution >= 4 is 17.3 Å². The van der Waals surface area contributed by atoms with Crippen LogP contribution in [0.5, 0.6) is 0 Å². The molecule has 0 aliphatic heterocycles. The van der Waals surface area contributed by atoms with Crippen LogP contribution in [0.25, 0.3) is 0 Å². The van der Waals surface area contributed by atoms with Crippen molar-refractivity contribution in [2.75, 3.05) is 17.2 Å². The highest BCUT2D eigenvalue weighted by Gasteiger charge is 2.05. The van der Waals surface area contributed by atoms with E-state index in [-0.39, 0.29) is 12.5 Å². The topological polar surface area (TPSA) is 41.1 Å². The number of carbonyl (C=O) groups excluding carboxylic acids is 1. The standard InChI is InChI=1S/C18H22N2O/c1-3-14-9-11-16(12-10-14)19-13-18(21)20-17-8-6-5-7-15(17)4-2/h5-12,19H,3-4,13H2,1-2H3,(H,20,21). The maximum Gasteiger partial charge on any atom is 0.243 e. The van der Waals surface area contributed by atoms with Crippen LogP contribution in [-0.4, -0.2) is 12.5 Å². The lowest BCUT2D eigenvalue weighted by molar-refractivity contribution is -0.114. The number of carbonyl (C=O) groups is 1. The number of rotatable bonds is 6. The first-order chi connectivity index (χ1) is 10.2. The Labute approximate surface area is 126 Å². The van der Waals surface area contributed by atoms with Crippen LogP contribution in [0.15, 0.2) is 48.5 Å². The summed E-state index contributed by atoms with van der Waals surface area (Å²) in [7, 11) is 0. The molecule has 0 aliphatic carbocycles. The van der Waals surface area contributed by atoms with Crippen LogP contribution in [0.3, 0.4) is 0 Å². The van der Waals surface area contributed by atoms with E-state index >= 15 is 0 Å². The molecule has 2 aromatic rings. The van der Waals surface area contributed by atoms with Crippen molar-refractivity contribution in [1.29, 1.82) is 0 Å². The quantitative estimate of drug-likeness (QED) is 0.844. The number of hydrogen-bond acceptors (Lipinski definition) is 2. The molecule has 1 amide bonds. The SMILES string of the molecule is CCc1ccc(NCC(=O)Nc2ccccc2CC)cc1. The molecule has 0 radical (unpaired) electrons. The van der Waals surface area contributed by atoms with Crippen LogP contribution >= 0.6 is 0 Å². The van der Waals surface area contributed by atoms with Gasteiger partial charge in [-0.05, 0) is 42.2 Å². The summed E-state index contributed by atoms with van der Waals surface area (Å²) in [6.07, 6.45) is 1.93. The Kier molecular flexibility index (Phi) is 5.38. The van der Waals surface area contributed by atoms with E-state index in [0.717, 1.165) is 29.8 Å². The van der Waals surface area contributed by atoms with E-state index in [1.807, 2.05) is 36.4 Å². The van der Waals surface area contributed by atoms with Crippen molar-refractivity contribution < 1.29 is 4.79 Å². The second-order valence-electron chi connectivity index (χ2n) is 4.96. The van der Waals surface area contributed by atoms with Gasteiger partial charge in [0.05, 0.1) is 6.54 Å². The van der Waals surface area contributed by atoms with Gasteiger partial charge in [0.1, 0.15) is 0 Å². The van der Waals surface area contributed by atoms with Gasteiger partial charge in [0.25, 0.3) is 0 Å². The molecule has 3 nitrogen and oxygen atoms in total. The number of benzene rings is 2. The van der Waals surface area contributed by atoms with Crippen molar-refractivity contribution in [2.24, 2.45) is 0 Å². The molecule has 0 aromatic heterocycles. The monoisotopic (exact) mass is 282 g/mol. The van der Waals surface area contributed by atoms with Gasteiger partial charge in [-0.2, -0.15) is 0 Å². The zero-order chi connectivity index (χ0) is 15.1. The van der Waals surface area contributed by atoms with Gasteiger partial charge in [-0.1, -0.05) is 44.2 Å². The number of amides is 1. The summed E-state index contributed by atoms with van der Waals surface area (Å²) in [6.45, 7) is 4.48. The van der Waals surface area contributed by atoms with Crippen LogP contribution in [0.1, 0.15) is 25.0 Å². The average Bonchev–Trinajstić information content (AvgIpc) is 2.54. The van der Waals surface area contributed by atoms with Crippen LogP contribution in [0.4, 0.5) is 11.4 Å². The molecule has 0 spiro atoms. The molecule has 3 heteroatoms. The highest BCUT2D eigenvalue weighted by atomic mass is 16.1. The Morgan fingerprint density at radius 1 is 0.952 bits per heavy atom. The van der Waals surface area contributed by atoms with E-state index in [2.05, 4.69) is 36.6 Å². The summed E-state index contributed by atoms with van der Waals surface area (Å²) in [6, 6.07) is 16.1. The third kappa shape index (κ3) is 4.35. The minimum absolute atomic E-state index is 0.0320. The third-order valence-electron chi connectivity index (χ3n) is 3.49. The second kappa shape index (κ2) is 7.48. The molecule has 2 rings (SSSR count). The molecule has 0 bridgehead atoms. The fraction of sp³-hybridized carbons (Fsp3) is 0.278. The van der Waals surface area contributed by atoms with Crippen LogP contribution < -0.4 is 10.6 Å². The minimum Gasteiger partial charge on any atom is -0.376 e. The predicted molar refractivity (Wildman–Crippen MR) is 88.8 cm³/mol. The van der Waals surface area contributed by atoms with Gasteiger partial charge >= 0.3 is 0 Å². The maximum absolute atomic E-state index is 12.0. The van der Waals surface area contributed by atoms with E-state index in [1.54, 1.807) is 0 Å². The fourth-order valence-electron chi connectivity index (χ4n) is 2.19. The molecule has 0 unspecified atom stereocenters. The molecule has 0 aliphatic rings. The number of hydrogen-bond donors (Lipinski definition) is 2. The number of nitrogens with one attached hydrogen (secondary N) is 2. The molecule has 2 aromatic carbocycles. The summed E-state index contributed by atoms with van der Waals surface area (Å²) >= 11 is 0. The Balaban J connectivity index is 1.89. The van der Waals surface area contributed by atoms with E-state index in [1.165, 1.54) is 5.56 Å². The molecule has 0 saturated carbocycles. The molecule has 21 heavy (non-hydrogen) atoms. The molecular formula is C18H22N2O. The van der Waals surface area contributed by atoms with Crippen LogP contribution in [0, 0.1) is 0 Å². The lowest BCUT2D eigenvalue weighted by atomic mass is 10.1. The minimum atomic E-state index is -0.0320. The van der Waals surface area contributed by atoms with E-state index in [0.29, 0.717) is 0 Å². The highest BCUT2D eigenvalue weighted by Crippen LogP contribution is 2.15. The van der Waals surface area contributed by atoms with Gasteiger partial charge in [0, 0.05) is 11.4 Å². The Morgan fingerprint density at radius 3 is 2.33 bits per heavy atom. The summed E-state index contributed by atoms with van der Waals surface area (Å²) in [5, 5.41) is 6.09. The highest BCUT2D eigenvalue weighted by molar-refractivity contribution is 5.94. The fourth-order valence-corrected chi connectivity index (χ4v) is 2.19. The van der Waals surface area contributed by atoms with Gasteiger partial charge in [-0.25, -0.2) is 0 Å². The Morgan fingerprint density at radius 2 is 1.67 bits per heavy atom. The van der Waals surface area contributed by atoms with Crippen molar-refractivity contribution in [3.63, 3.8) is 0 Å². The van der Waals surface area contributed by atoms with Gasteiger partial charge < -0.3 is 10.6 Å². The predicted octanol–water partition coefficient (Wildman–Crippen LogP) is 3.86. The molecule has 0 fully saturated rings. The molecule has 110 valence electrons. The van der Waals surface area contributed by atoms with Crippen LogP contribution in [-0.2, 0) is 17.6 Å². The van der Waals surface area contributed by atoms with Crippen molar-refractivity contribution in [3.8, 4) is 0 Å². The maximum atomic E-state index is 12.0. The zero-order valence-electron chi connectivity index (χ0n) is 12.6. The molecule has 2 N–H and O–H groups in total. The summed E-state index contributed by atoms with van der Waals surface area (Å²) in [5.41, 5.74) is 4.30. The largest absolute Gasteiger partial charge is 0.376 e. The van der Waals surface area contributed by atoms with Crippen molar-refractivity contribution in [2.45, 2.75) is 26.7 Å². The molecule has 0 atom stereocenters. The average molecular weight is 282 g/mol. The Hall–Kier alpha value is -2.29. The first kappa shape index (κ1) is 15.1. The summed E-state index contributed by atoms with van der Waals surface area (Å²) in [5.74, 6) is -0.0320. The van der Waals surface area contributed by atoms with Crippen molar-refractivity contribution in [3.05, 3.63) is 59.7 Å². The lowest BCUT2D eigenvalue weighted by Crippen LogP contribution is -2.22. The zero-order valence-corrected chi connectivity index (χ0v) is 12.6. The normalized spacial score (nSPS) is 10.2. The van der Waals surface area contributed by atoms with Crippen LogP contribution in [0.2, 0.25) is 0 Å². The molecule has 0 heterocycles. The van der Waals surface area contributed by atoms with Gasteiger partial charge in [0.2, 0.25) is 5.91 Å². The number of anilines is 2. The Bertz CT molecular complexity index is 590. The summed E-state index contributed by atoms with van der Waals surface area (Å²) in [4.78, 5) is 12.0. The number of aryl methyl sites for hydroxylation is 2. The van der Waals surface area contributed by atoms with Gasteiger partial charge in [0.15, 0.2) is 0 Å². The molecule has 0 saturated heterocycles. The smallest absolute Gasteiger partial charge is 0.243 e. The number of para-hydroxylation sites is 1. The van der Waals surface area contributed by atoms with Gasteiger partial charge in [-0.3, -0.25) is 4.79 Å². The molecular weight excluding hydrogens is 260 g/mol. The van der Waals surface area contributed by atoms with Crippen molar-refractivity contribution in [1.82, 2.24) is 0 Å². The lowest BCUT2D eigenvalue weighted by Gasteiger charge is -2.11. The van der Waals surface area contributed by atoms with E-state index in [9.17, 15) is 4.79 Å². The van der Waals surface area contributed by atoms with Gasteiger partial charge in [-0.15, -0.1) is 0 Å². The first-order valence-electron chi connectivity index (χ1n) is 7.43. The summed E-state index contributed by atoms with van der Waals surface area (Å²) < 4.78 is 0. The third-order valence-corrected chi connectivity index (χ3v) is 3.49. The van der Waals surface area contributed by atoms with E-state index < -0.39 is 0 Å². The first-order valence-corrected chi connectivity index (χ1v) is 7.43. The second-order valence-corrected chi connectivity index (χ2v) is 4.96. The van der Waals surface area contributed by atoms with E-state index in [4.69, 9.17) is 0 Å².